The second kappa shape index (κ2) is 4.80. The van der Waals surface area contributed by atoms with Gasteiger partial charge in [0.15, 0.2) is 0 Å². The molecule has 1 fully saturated rings. The maximum absolute atomic E-state index is 11.1. The predicted octanol–water partition coefficient (Wildman–Crippen LogP) is -0.637. The molecule has 1 rings (SSSR count). The van der Waals surface area contributed by atoms with Gasteiger partial charge in [-0.1, -0.05) is 0 Å². The van der Waals surface area contributed by atoms with Gasteiger partial charge in [-0.05, 0) is 6.92 Å². The van der Waals surface area contributed by atoms with Crippen molar-refractivity contribution in [3.05, 3.63) is 0 Å². The molecular weight excluding hydrogens is 190 g/mol. The third kappa shape index (κ3) is 2.59. The van der Waals surface area contributed by atoms with Gasteiger partial charge < -0.3 is 14.6 Å². The van der Waals surface area contributed by atoms with Crippen molar-refractivity contribution >= 4 is 12.1 Å². The summed E-state index contributed by atoms with van der Waals surface area (Å²) >= 11 is 0. The Morgan fingerprint density at radius 3 is 3.00 bits per heavy atom. The molecular formula is C8H13NO5. The van der Waals surface area contributed by atoms with Crippen molar-refractivity contribution in [1.82, 2.24) is 4.90 Å². The molecule has 0 saturated carbocycles. The molecule has 1 saturated heterocycles. The molecule has 0 aromatic heterocycles. The van der Waals surface area contributed by atoms with Gasteiger partial charge in [-0.25, -0.2) is 4.79 Å². The summed E-state index contributed by atoms with van der Waals surface area (Å²) in [6, 6.07) is 0. The van der Waals surface area contributed by atoms with Crippen LogP contribution in [-0.4, -0.2) is 54.5 Å². The summed E-state index contributed by atoms with van der Waals surface area (Å²) in [6.45, 7) is 1.85. The fraction of sp³-hybridized carbons (Fsp3) is 0.750. The zero-order valence-electron chi connectivity index (χ0n) is 7.93. The lowest BCUT2D eigenvalue weighted by Crippen LogP contribution is -2.32. The first-order chi connectivity index (χ1) is 6.67. The summed E-state index contributed by atoms with van der Waals surface area (Å²) in [4.78, 5) is 23.3. The first kappa shape index (κ1) is 10.8. The molecule has 0 aromatic carbocycles. The quantitative estimate of drug-likeness (QED) is 0.615. The van der Waals surface area contributed by atoms with E-state index in [2.05, 4.69) is 4.74 Å². The van der Waals surface area contributed by atoms with E-state index in [1.165, 1.54) is 4.90 Å². The number of hydrogen-bond donors (Lipinski definition) is 1. The van der Waals surface area contributed by atoms with Crippen LogP contribution in [0.25, 0.3) is 0 Å². The zero-order chi connectivity index (χ0) is 10.6. The molecule has 1 heterocycles. The van der Waals surface area contributed by atoms with Crippen LogP contribution in [0.3, 0.4) is 0 Å². The molecule has 0 bridgehead atoms. The summed E-state index contributed by atoms with van der Waals surface area (Å²) in [5.74, 6) is -0.469. The molecule has 1 aliphatic heterocycles. The Balaban J connectivity index is 2.38. The van der Waals surface area contributed by atoms with Gasteiger partial charge in [0.25, 0.3) is 0 Å². The molecule has 1 amide bonds. The second-order valence-corrected chi connectivity index (χ2v) is 2.87. The van der Waals surface area contributed by atoms with Crippen LogP contribution >= 0.6 is 0 Å². The van der Waals surface area contributed by atoms with E-state index in [1.54, 1.807) is 6.92 Å². The van der Waals surface area contributed by atoms with E-state index in [4.69, 9.17) is 9.84 Å². The van der Waals surface area contributed by atoms with Gasteiger partial charge >= 0.3 is 12.1 Å². The number of aliphatic hydroxyl groups is 1. The van der Waals surface area contributed by atoms with E-state index in [0.29, 0.717) is 0 Å². The number of carbonyl (C=O) groups is 2. The van der Waals surface area contributed by atoms with Crippen LogP contribution < -0.4 is 0 Å². The third-order valence-electron chi connectivity index (χ3n) is 1.78. The normalized spacial score (nSPS) is 20.9. The monoisotopic (exact) mass is 203 g/mol. The molecule has 6 nitrogen and oxygen atoms in total. The van der Waals surface area contributed by atoms with Crippen LogP contribution in [0.4, 0.5) is 4.79 Å². The summed E-state index contributed by atoms with van der Waals surface area (Å²) in [5.41, 5.74) is 0. The number of amides is 1. The molecule has 1 unspecified atom stereocenters. The van der Waals surface area contributed by atoms with Crippen molar-refractivity contribution in [2.75, 3.05) is 26.3 Å². The highest BCUT2D eigenvalue weighted by molar-refractivity contribution is 5.79. The largest absolute Gasteiger partial charge is 0.465 e. The highest BCUT2D eigenvalue weighted by atomic mass is 16.6. The zero-order valence-corrected chi connectivity index (χ0v) is 7.93. The number of carbonyl (C=O) groups excluding carboxylic acids is 2. The third-order valence-corrected chi connectivity index (χ3v) is 1.78. The Hall–Kier alpha value is -1.30. The number of ether oxygens (including phenoxy) is 2. The molecule has 0 radical (unpaired) electrons. The van der Waals surface area contributed by atoms with E-state index in [9.17, 15) is 9.59 Å². The van der Waals surface area contributed by atoms with Crippen LogP contribution in [0.1, 0.15) is 6.92 Å². The topological polar surface area (TPSA) is 76.1 Å². The van der Waals surface area contributed by atoms with E-state index in [0.717, 1.165) is 0 Å². The maximum atomic E-state index is 11.1. The molecule has 1 aliphatic rings. The standard InChI is InChI=1S/C8H13NO5/c1-2-13-7(11)4-9-3-6(5-10)14-8(9)12/h6,10H,2-5H2,1H3. The van der Waals surface area contributed by atoms with Crippen LogP contribution in [0, 0.1) is 0 Å². The lowest BCUT2D eigenvalue weighted by molar-refractivity contribution is -0.143. The van der Waals surface area contributed by atoms with Crippen LogP contribution in [0.5, 0.6) is 0 Å². The van der Waals surface area contributed by atoms with Gasteiger partial charge in [-0.15, -0.1) is 0 Å². The van der Waals surface area contributed by atoms with Gasteiger partial charge in [-0.3, -0.25) is 9.69 Å². The Kier molecular flexibility index (Phi) is 3.70. The van der Waals surface area contributed by atoms with Crippen molar-refractivity contribution in [1.29, 1.82) is 0 Å². The van der Waals surface area contributed by atoms with Gasteiger partial charge in [0, 0.05) is 0 Å². The van der Waals surface area contributed by atoms with Crippen molar-refractivity contribution in [3.8, 4) is 0 Å². The Labute approximate surface area is 81.4 Å². The first-order valence-electron chi connectivity index (χ1n) is 4.39. The number of rotatable bonds is 4. The van der Waals surface area contributed by atoms with Gasteiger partial charge in [0.1, 0.15) is 12.6 Å². The van der Waals surface area contributed by atoms with E-state index in [-0.39, 0.29) is 26.3 Å². The fourth-order valence-electron chi connectivity index (χ4n) is 1.16. The number of cyclic esters (lactones) is 1. The highest BCUT2D eigenvalue weighted by Crippen LogP contribution is 2.10. The molecule has 0 aromatic rings. The molecule has 14 heavy (non-hydrogen) atoms. The summed E-state index contributed by atoms with van der Waals surface area (Å²) in [6.07, 6.45) is -1.12. The minimum atomic E-state index is -0.586. The average molecular weight is 203 g/mol. The van der Waals surface area contributed by atoms with E-state index in [1.807, 2.05) is 0 Å². The van der Waals surface area contributed by atoms with Gasteiger partial charge in [0.05, 0.1) is 19.8 Å². The molecule has 6 heteroatoms. The highest BCUT2D eigenvalue weighted by Gasteiger charge is 2.32. The fourth-order valence-corrected chi connectivity index (χ4v) is 1.16. The number of aliphatic hydroxyl groups excluding tert-OH is 1. The predicted molar refractivity (Wildman–Crippen MR) is 45.6 cm³/mol. The summed E-state index contributed by atoms with van der Waals surface area (Å²) in [5, 5.41) is 8.72. The second-order valence-electron chi connectivity index (χ2n) is 2.87. The minimum Gasteiger partial charge on any atom is -0.465 e. The van der Waals surface area contributed by atoms with E-state index >= 15 is 0 Å². The average Bonchev–Trinajstić information content (AvgIpc) is 2.48. The lowest BCUT2D eigenvalue weighted by atomic mass is 10.4. The smallest absolute Gasteiger partial charge is 0.410 e. The minimum absolute atomic E-state index is 0.122. The SMILES string of the molecule is CCOC(=O)CN1CC(CO)OC1=O. The van der Waals surface area contributed by atoms with Crippen molar-refractivity contribution in [2.45, 2.75) is 13.0 Å². The molecule has 0 spiro atoms. The molecule has 1 atom stereocenters. The van der Waals surface area contributed by atoms with E-state index < -0.39 is 18.2 Å². The van der Waals surface area contributed by atoms with Crippen molar-refractivity contribution < 1.29 is 24.2 Å². The summed E-state index contributed by atoms with van der Waals surface area (Å²) in [7, 11) is 0. The Morgan fingerprint density at radius 1 is 1.79 bits per heavy atom. The maximum Gasteiger partial charge on any atom is 0.410 e. The Bertz CT molecular complexity index is 230. The van der Waals surface area contributed by atoms with Gasteiger partial charge in [0.2, 0.25) is 0 Å². The van der Waals surface area contributed by atoms with Gasteiger partial charge in [-0.2, -0.15) is 0 Å². The van der Waals surface area contributed by atoms with Crippen molar-refractivity contribution in [3.63, 3.8) is 0 Å². The van der Waals surface area contributed by atoms with Crippen LogP contribution in [0.15, 0.2) is 0 Å². The lowest BCUT2D eigenvalue weighted by Gasteiger charge is -2.10. The molecule has 1 N–H and O–H groups in total. The molecule has 80 valence electrons. The Morgan fingerprint density at radius 2 is 2.50 bits per heavy atom. The molecule has 0 aliphatic carbocycles. The number of nitrogens with zero attached hydrogens (tertiary/aromatic N) is 1. The van der Waals surface area contributed by atoms with Crippen molar-refractivity contribution in [2.24, 2.45) is 0 Å². The first-order valence-corrected chi connectivity index (χ1v) is 4.39. The van der Waals surface area contributed by atoms with Crippen LogP contribution in [0.2, 0.25) is 0 Å². The number of esters is 1. The van der Waals surface area contributed by atoms with Crippen LogP contribution in [-0.2, 0) is 14.3 Å². The number of hydrogen-bond acceptors (Lipinski definition) is 5. The summed E-state index contributed by atoms with van der Waals surface area (Å²) < 4.78 is 9.40.